The highest BCUT2D eigenvalue weighted by atomic mass is 15.2. The zero-order valence-electron chi connectivity index (χ0n) is 12.6. The first-order chi connectivity index (χ1) is 9.88. The Hall–Kier alpha value is -0.910. The smallest absolute Gasteiger partial charge is 0.0945 e. The molecule has 1 saturated heterocycles. The molecule has 0 aliphatic carbocycles. The molecule has 0 radical (unpaired) electrons. The zero-order valence-corrected chi connectivity index (χ0v) is 12.6. The van der Waals surface area contributed by atoms with Gasteiger partial charge < -0.3 is 20.1 Å². The summed E-state index contributed by atoms with van der Waals surface area (Å²) >= 11 is 0. The number of hydrogen-bond acceptors (Lipinski definition) is 4. The molecule has 2 heterocycles. The molecule has 0 unspecified atom stereocenters. The molecule has 0 bridgehead atoms. The average molecular weight is 279 g/mol. The molecule has 2 rings (SSSR count). The monoisotopic (exact) mass is 279 g/mol. The molecule has 5 heteroatoms. The highest BCUT2D eigenvalue weighted by Gasteiger charge is 2.13. The van der Waals surface area contributed by atoms with E-state index >= 15 is 0 Å². The molecule has 1 aliphatic heterocycles. The van der Waals surface area contributed by atoms with E-state index in [0.717, 1.165) is 19.5 Å². The van der Waals surface area contributed by atoms with Gasteiger partial charge in [-0.3, -0.25) is 0 Å². The number of aromatic nitrogens is 2. The van der Waals surface area contributed by atoms with Crippen LogP contribution in [0.4, 0.5) is 0 Å². The maximum Gasteiger partial charge on any atom is 0.0945 e. The Bertz CT molecular complexity index is 338. The van der Waals surface area contributed by atoms with Crippen LogP contribution in [0.3, 0.4) is 0 Å². The predicted molar refractivity (Wildman–Crippen MR) is 82.6 cm³/mol. The summed E-state index contributed by atoms with van der Waals surface area (Å²) in [5.41, 5.74) is 5.56. The van der Waals surface area contributed by atoms with E-state index in [9.17, 15) is 0 Å². The van der Waals surface area contributed by atoms with E-state index in [1.807, 2.05) is 18.7 Å². The molecule has 0 aromatic carbocycles. The normalized spacial score (nSPS) is 18.2. The highest BCUT2D eigenvalue weighted by Crippen LogP contribution is 2.05. The van der Waals surface area contributed by atoms with Crippen LogP contribution in [0.1, 0.15) is 25.7 Å². The van der Waals surface area contributed by atoms with E-state index in [-0.39, 0.29) is 0 Å². The van der Waals surface area contributed by atoms with Gasteiger partial charge >= 0.3 is 0 Å². The zero-order chi connectivity index (χ0) is 14.0. The predicted octanol–water partition coefficient (Wildman–Crippen LogP) is 1.02. The van der Waals surface area contributed by atoms with Gasteiger partial charge in [0.25, 0.3) is 0 Å². The van der Waals surface area contributed by atoms with Gasteiger partial charge in [0.05, 0.1) is 6.33 Å². The van der Waals surface area contributed by atoms with Gasteiger partial charge in [0, 0.05) is 32.0 Å². The fraction of sp³-hybridized carbons (Fsp3) is 0.800. The number of imidazole rings is 1. The van der Waals surface area contributed by atoms with Crippen molar-refractivity contribution in [2.24, 2.45) is 5.73 Å². The van der Waals surface area contributed by atoms with Gasteiger partial charge in [-0.05, 0) is 58.4 Å². The Morgan fingerprint density at radius 2 is 1.65 bits per heavy atom. The Balaban J connectivity index is 1.60. The fourth-order valence-corrected chi connectivity index (χ4v) is 2.85. The number of nitrogens with zero attached hydrogens (tertiary/aromatic N) is 4. The number of rotatable bonds is 8. The summed E-state index contributed by atoms with van der Waals surface area (Å²) < 4.78 is 2.16. The Morgan fingerprint density at radius 3 is 2.30 bits per heavy atom. The van der Waals surface area contributed by atoms with Crippen LogP contribution >= 0.6 is 0 Å². The van der Waals surface area contributed by atoms with Crippen molar-refractivity contribution in [3.05, 3.63) is 18.7 Å². The van der Waals surface area contributed by atoms with E-state index in [2.05, 4.69) is 19.4 Å². The van der Waals surface area contributed by atoms with E-state index in [0.29, 0.717) is 0 Å². The van der Waals surface area contributed by atoms with E-state index in [4.69, 9.17) is 5.73 Å². The first-order valence-corrected chi connectivity index (χ1v) is 7.99. The van der Waals surface area contributed by atoms with Gasteiger partial charge in [-0.25, -0.2) is 4.98 Å². The Kier molecular flexibility index (Phi) is 7.05. The number of unbranched alkanes of at least 4 members (excludes halogenated alkanes) is 1. The van der Waals surface area contributed by atoms with Crippen LogP contribution in [0.15, 0.2) is 18.7 Å². The summed E-state index contributed by atoms with van der Waals surface area (Å²) in [4.78, 5) is 9.30. The number of nitrogens with two attached hydrogens (primary N) is 1. The molecular formula is C15H29N5. The van der Waals surface area contributed by atoms with Crippen molar-refractivity contribution in [1.82, 2.24) is 19.4 Å². The Morgan fingerprint density at radius 1 is 0.900 bits per heavy atom. The lowest BCUT2D eigenvalue weighted by Gasteiger charge is -2.21. The van der Waals surface area contributed by atoms with Gasteiger partial charge in [-0.2, -0.15) is 0 Å². The number of aryl methyl sites for hydroxylation is 1. The van der Waals surface area contributed by atoms with Gasteiger partial charge in [0.15, 0.2) is 0 Å². The fourth-order valence-electron chi connectivity index (χ4n) is 2.85. The lowest BCUT2D eigenvalue weighted by atomic mass is 10.3. The van der Waals surface area contributed by atoms with Crippen LogP contribution in [0.25, 0.3) is 0 Å². The molecule has 0 saturated carbocycles. The topological polar surface area (TPSA) is 50.3 Å². The van der Waals surface area contributed by atoms with Gasteiger partial charge in [0.1, 0.15) is 0 Å². The molecule has 0 amide bonds. The van der Waals surface area contributed by atoms with Crippen molar-refractivity contribution < 1.29 is 0 Å². The third-order valence-electron chi connectivity index (χ3n) is 4.06. The van der Waals surface area contributed by atoms with Crippen molar-refractivity contribution >= 4 is 0 Å². The lowest BCUT2D eigenvalue weighted by molar-refractivity contribution is 0.249. The minimum atomic E-state index is 0.828. The van der Waals surface area contributed by atoms with Crippen molar-refractivity contribution in [3.63, 3.8) is 0 Å². The standard InChI is InChI=1S/C15H29N5/c16-5-1-2-7-18-8-3-9-19(14-13-18)10-4-11-20-12-6-17-15-20/h6,12,15H,1-5,7-11,13-14,16H2. The maximum absolute atomic E-state index is 5.56. The molecule has 114 valence electrons. The quantitative estimate of drug-likeness (QED) is 0.722. The van der Waals surface area contributed by atoms with Crippen molar-refractivity contribution in [2.45, 2.75) is 32.2 Å². The molecule has 1 aliphatic rings. The minimum Gasteiger partial charge on any atom is -0.337 e. The third-order valence-corrected chi connectivity index (χ3v) is 4.06. The summed E-state index contributed by atoms with van der Waals surface area (Å²) in [5, 5.41) is 0. The van der Waals surface area contributed by atoms with E-state index in [1.165, 1.54) is 58.5 Å². The molecule has 20 heavy (non-hydrogen) atoms. The van der Waals surface area contributed by atoms with Crippen LogP contribution in [-0.4, -0.2) is 65.2 Å². The van der Waals surface area contributed by atoms with Crippen molar-refractivity contribution in [2.75, 3.05) is 45.8 Å². The molecule has 0 atom stereocenters. The van der Waals surface area contributed by atoms with Crippen molar-refractivity contribution in [3.8, 4) is 0 Å². The summed E-state index contributed by atoms with van der Waals surface area (Å²) in [5.74, 6) is 0. The summed E-state index contributed by atoms with van der Waals surface area (Å²) in [6.07, 6.45) is 10.7. The van der Waals surface area contributed by atoms with Crippen LogP contribution in [0.2, 0.25) is 0 Å². The molecule has 1 fully saturated rings. The molecule has 1 aromatic rings. The van der Waals surface area contributed by atoms with Crippen molar-refractivity contribution in [1.29, 1.82) is 0 Å². The van der Waals surface area contributed by atoms with Gasteiger partial charge in [-0.15, -0.1) is 0 Å². The second-order valence-electron chi connectivity index (χ2n) is 5.69. The summed E-state index contributed by atoms with van der Waals surface area (Å²) in [7, 11) is 0. The number of hydrogen-bond donors (Lipinski definition) is 1. The third kappa shape index (κ3) is 5.61. The van der Waals surface area contributed by atoms with Gasteiger partial charge in [0.2, 0.25) is 0 Å². The summed E-state index contributed by atoms with van der Waals surface area (Å²) in [6.45, 7) is 9.27. The Labute approximate surface area is 122 Å². The molecular weight excluding hydrogens is 250 g/mol. The van der Waals surface area contributed by atoms with E-state index < -0.39 is 0 Å². The molecule has 0 spiro atoms. The second kappa shape index (κ2) is 9.10. The van der Waals surface area contributed by atoms with Crippen LogP contribution < -0.4 is 5.73 Å². The maximum atomic E-state index is 5.56. The first kappa shape index (κ1) is 15.5. The first-order valence-electron chi connectivity index (χ1n) is 7.99. The van der Waals surface area contributed by atoms with Crippen LogP contribution in [-0.2, 0) is 6.54 Å². The minimum absolute atomic E-state index is 0.828. The summed E-state index contributed by atoms with van der Waals surface area (Å²) in [6, 6.07) is 0. The van der Waals surface area contributed by atoms with Crippen LogP contribution in [0.5, 0.6) is 0 Å². The largest absolute Gasteiger partial charge is 0.337 e. The van der Waals surface area contributed by atoms with Crippen LogP contribution in [0, 0.1) is 0 Å². The second-order valence-corrected chi connectivity index (χ2v) is 5.69. The average Bonchev–Trinajstić information content (AvgIpc) is 2.87. The van der Waals surface area contributed by atoms with E-state index in [1.54, 1.807) is 0 Å². The molecule has 2 N–H and O–H groups in total. The highest BCUT2D eigenvalue weighted by molar-refractivity contribution is 4.75. The lowest BCUT2D eigenvalue weighted by Crippen LogP contribution is -2.32. The molecule has 5 nitrogen and oxygen atoms in total. The molecule has 1 aromatic heterocycles. The van der Waals surface area contributed by atoms with Gasteiger partial charge in [-0.1, -0.05) is 0 Å². The SMILES string of the molecule is NCCCCN1CCCN(CCCn2ccnc2)CC1.